The molecule has 3 rings (SSSR count). The average Bonchev–Trinajstić information content (AvgIpc) is 2.65. The second-order valence-corrected chi connectivity index (χ2v) is 8.82. The highest BCUT2D eigenvalue weighted by molar-refractivity contribution is 7.92. The summed E-state index contributed by atoms with van der Waals surface area (Å²) in [5.41, 5.74) is 4.52. The smallest absolute Gasteiger partial charge is 0.262 e. The van der Waals surface area contributed by atoms with Gasteiger partial charge in [0.25, 0.3) is 10.0 Å². The fraction of sp³-hybridized carbons (Fsp3) is 0.174. The molecule has 0 saturated carbocycles. The Morgan fingerprint density at radius 2 is 1.55 bits per heavy atom. The molecule has 0 atom stereocenters. The van der Waals surface area contributed by atoms with Crippen LogP contribution in [-0.4, -0.2) is 14.3 Å². The third kappa shape index (κ3) is 5.45. The number of hydrogen-bond acceptors (Lipinski definition) is 3. The van der Waals surface area contributed by atoms with Crippen LogP contribution in [0.15, 0.2) is 71.6 Å². The summed E-state index contributed by atoms with van der Waals surface area (Å²) in [6.45, 7) is 5.61. The molecule has 0 bridgehead atoms. The summed E-state index contributed by atoms with van der Waals surface area (Å²) in [5, 5.41) is 2.79. The number of carbonyl (C=O) groups is 1. The minimum absolute atomic E-state index is 0.132. The Bertz CT molecular complexity index is 1140. The summed E-state index contributed by atoms with van der Waals surface area (Å²) in [7, 11) is -3.78. The lowest BCUT2D eigenvalue weighted by atomic mass is 10.1. The van der Waals surface area contributed by atoms with Crippen LogP contribution in [0.1, 0.15) is 22.3 Å². The molecule has 0 fully saturated rings. The van der Waals surface area contributed by atoms with Crippen molar-refractivity contribution in [3.63, 3.8) is 0 Å². The van der Waals surface area contributed by atoms with Gasteiger partial charge in [-0.1, -0.05) is 48.0 Å². The van der Waals surface area contributed by atoms with Gasteiger partial charge in [0.1, 0.15) is 0 Å². The van der Waals surface area contributed by atoms with E-state index in [4.69, 9.17) is 0 Å². The van der Waals surface area contributed by atoms with Gasteiger partial charge in [-0.2, -0.15) is 0 Å². The van der Waals surface area contributed by atoms with Crippen molar-refractivity contribution < 1.29 is 13.2 Å². The molecule has 150 valence electrons. The zero-order valence-electron chi connectivity index (χ0n) is 16.7. The Balaban J connectivity index is 1.78. The molecule has 0 spiro atoms. The molecular formula is C23H24N2O3S. The molecule has 0 aliphatic carbocycles. The number of aryl methyl sites for hydroxylation is 3. The number of benzene rings is 3. The molecule has 0 heterocycles. The molecule has 0 unspecified atom stereocenters. The lowest BCUT2D eigenvalue weighted by Crippen LogP contribution is -2.17. The first-order valence-electron chi connectivity index (χ1n) is 9.28. The fourth-order valence-electron chi connectivity index (χ4n) is 2.98. The number of rotatable bonds is 6. The summed E-state index contributed by atoms with van der Waals surface area (Å²) in [6.07, 6.45) is 0.220. The number of hydrogen-bond donors (Lipinski definition) is 2. The predicted octanol–water partition coefficient (Wildman–Crippen LogP) is 4.59. The molecule has 5 nitrogen and oxygen atoms in total. The first-order chi connectivity index (χ1) is 13.7. The third-order valence-electron chi connectivity index (χ3n) is 4.52. The van der Waals surface area contributed by atoms with Gasteiger partial charge < -0.3 is 5.32 Å². The lowest BCUT2D eigenvalue weighted by molar-refractivity contribution is -0.115. The van der Waals surface area contributed by atoms with E-state index in [2.05, 4.69) is 10.0 Å². The van der Waals surface area contributed by atoms with Crippen LogP contribution < -0.4 is 10.0 Å². The predicted molar refractivity (Wildman–Crippen MR) is 117 cm³/mol. The molecule has 0 aliphatic rings. The zero-order valence-corrected chi connectivity index (χ0v) is 17.5. The Morgan fingerprint density at radius 3 is 2.24 bits per heavy atom. The van der Waals surface area contributed by atoms with Crippen LogP contribution in [-0.2, 0) is 21.2 Å². The topological polar surface area (TPSA) is 75.3 Å². The van der Waals surface area contributed by atoms with Crippen LogP contribution in [0.3, 0.4) is 0 Å². The molecular weight excluding hydrogens is 384 g/mol. The second kappa shape index (κ2) is 8.49. The van der Waals surface area contributed by atoms with E-state index in [1.807, 2.05) is 44.2 Å². The van der Waals surface area contributed by atoms with Crippen LogP contribution >= 0.6 is 0 Å². The van der Waals surface area contributed by atoms with Gasteiger partial charge in [0, 0.05) is 11.4 Å². The van der Waals surface area contributed by atoms with Gasteiger partial charge in [-0.05, 0) is 61.7 Å². The van der Waals surface area contributed by atoms with Gasteiger partial charge in [-0.25, -0.2) is 8.42 Å². The quantitative estimate of drug-likeness (QED) is 0.626. The van der Waals surface area contributed by atoms with Crippen LogP contribution in [0.5, 0.6) is 0 Å². The van der Waals surface area contributed by atoms with Crippen molar-refractivity contribution in [2.75, 3.05) is 10.0 Å². The van der Waals surface area contributed by atoms with Crippen LogP contribution in [0.25, 0.3) is 0 Å². The van der Waals surface area contributed by atoms with E-state index in [0.29, 0.717) is 16.9 Å². The molecule has 2 N–H and O–H groups in total. The van der Waals surface area contributed by atoms with Gasteiger partial charge >= 0.3 is 0 Å². The van der Waals surface area contributed by atoms with Gasteiger partial charge in [0.15, 0.2) is 0 Å². The highest BCUT2D eigenvalue weighted by Gasteiger charge is 2.18. The van der Waals surface area contributed by atoms with Gasteiger partial charge in [0.05, 0.1) is 11.3 Å². The van der Waals surface area contributed by atoms with Gasteiger partial charge in [-0.3, -0.25) is 9.52 Å². The van der Waals surface area contributed by atoms with Crippen molar-refractivity contribution in [3.05, 3.63) is 89.0 Å². The fourth-order valence-corrected chi connectivity index (χ4v) is 4.30. The summed E-state index contributed by atoms with van der Waals surface area (Å²) in [6, 6.07) is 19.8. The van der Waals surface area contributed by atoms with Crippen molar-refractivity contribution in [1.29, 1.82) is 0 Å². The molecule has 29 heavy (non-hydrogen) atoms. The van der Waals surface area contributed by atoms with Crippen LogP contribution in [0.2, 0.25) is 0 Å². The first-order valence-corrected chi connectivity index (χ1v) is 10.8. The SMILES string of the molecule is Cc1ccc(CC(=O)Nc2ccc(C)c(S(=O)(=O)Nc3cccc(C)c3)c2)cc1. The summed E-state index contributed by atoms with van der Waals surface area (Å²) in [5.74, 6) is -0.201. The first kappa shape index (κ1) is 20.6. The van der Waals surface area contributed by atoms with Gasteiger partial charge in [0.2, 0.25) is 5.91 Å². The average molecular weight is 409 g/mol. The maximum absolute atomic E-state index is 12.9. The Hall–Kier alpha value is -3.12. The van der Waals surface area contributed by atoms with E-state index in [-0.39, 0.29) is 17.2 Å². The van der Waals surface area contributed by atoms with E-state index in [9.17, 15) is 13.2 Å². The van der Waals surface area contributed by atoms with Crippen LogP contribution in [0.4, 0.5) is 11.4 Å². The number of amides is 1. The molecule has 1 amide bonds. The van der Waals surface area contributed by atoms with Crippen molar-refractivity contribution in [1.82, 2.24) is 0 Å². The van der Waals surface area contributed by atoms with Gasteiger partial charge in [-0.15, -0.1) is 0 Å². The van der Waals surface area contributed by atoms with E-state index < -0.39 is 10.0 Å². The van der Waals surface area contributed by atoms with Crippen molar-refractivity contribution in [2.45, 2.75) is 32.1 Å². The largest absolute Gasteiger partial charge is 0.326 e. The van der Waals surface area contributed by atoms with Crippen LogP contribution in [0, 0.1) is 20.8 Å². The summed E-state index contributed by atoms with van der Waals surface area (Å²) in [4.78, 5) is 12.5. The molecule has 0 aromatic heterocycles. The highest BCUT2D eigenvalue weighted by atomic mass is 32.2. The minimum Gasteiger partial charge on any atom is -0.326 e. The number of anilines is 2. The zero-order chi connectivity index (χ0) is 21.0. The van der Waals surface area contributed by atoms with E-state index >= 15 is 0 Å². The molecule has 0 radical (unpaired) electrons. The third-order valence-corrected chi connectivity index (χ3v) is 6.04. The van der Waals surface area contributed by atoms with E-state index in [0.717, 1.165) is 16.7 Å². The number of sulfonamides is 1. The molecule has 3 aromatic rings. The molecule has 0 aliphatic heterocycles. The Morgan fingerprint density at radius 1 is 0.828 bits per heavy atom. The lowest BCUT2D eigenvalue weighted by Gasteiger charge is -2.13. The number of carbonyl (C=O) groups excluding carboxylic acids is 1. The monoisotopic (exact) mass is 408 g/mol. The summed E-state index contributed by atoms with van der Waals surface area (Å²) >= 11 is 0. The Labute approximate surface area is 171 Å². The minimum atomic E-state index is -3.78. The highest BCUT2D eigenvalue weighted by Crippen LogP contribution is 2.23. The summed E-state index contributed by atoms with van der Waals surface area (Å²) < 4.78 is 28.3. The molecule has 6 heteroatoms. The maximum atomic E-state index is 12.9. The number of nitrogens with one attached hydrogen (secondary N) is 2. The molecule has 0 saturated heterocycles. The second-order valence-electron chi connectivity index (χ2n) is 7.17. The standard InChI is InChI=1S/C23H24N2O3S/c1-16-7-10-19(11-8-16)14-23(26)24-20-12-9-18(3)22(15-20)29(27,28)25-21-6-4-5-17(2)13-21/h4-13,15,25H,14H2,1-3H3,(H,24,26). The molecule has 3 aromatic carbocycles. The van der Waals surface area contributed by atoms with E-state index in [1.165, 1.54) is 6.07 Å². The Kier molecular flexibility index (Phi) is 6.03. The van der Waals surface area contributed by atoms with Crippen molar-refractivity contribution >= 4 is 27.3 Å². The maximum Gasteiger partial charge on any atom is 0.262 e. The van der Waals surface area contributed by atoms with Crippen molar-refractivity contribution in [3.8, 4) is 0 Å². The van der Waals surface area contributed by atoms with E-state index in [1.54, 1.807) is 37.3 Å². The van der Waals surface area contributed by atoms with Crippen molar-refractivity contribution in [2.24, 2.45) is 0 Å². The normalized spacial score (nSPS) is 11.1.